The van der Waals surface area contributed by atoms with Gasteiger partial charge in [0.1, 0.15) is 5.75 Å². The van der Waals surface area contributed by atoms with Gasteiger partial charge in [-0.25, -0.2) is 0 Å². The number of hydrogen-bond acceptors (Lipinski definition) is 3. The van der Waals surface area contributed by atoms with Crippen LogP contribution in [-0.2, 0) is 10.2 Å². The molecule has 2 aliphatic heterocycles. The molecular formula is C28H36N2O3. The van der Waals surface area contributed by atoms with Gasteiger partial charge in [0.15, 0.2) is 0 Å². The Balaban J connectivity index is 1.33. The molecule has 0 N–H and O–H groups in total. The minimum absolute atomic E-state index is 0.0727. The summed E-state index contributed by atoms with van der Waals surface area (Å²) in [5.74, 6) is 1.41. The number of hydrogen-bond donors (Lipinski definition) is 0. The molecule has 2 fully saturated rings. The highest BCUT2D eigenvalue weighted by atomic mass is 16.5. The van der Waals surface area contributed by atoms with E-state index in [1.54, 1.807) is 0 Å². The Morgan fingerprint density at radius 2 is 1.70 bits per heavy atom. The Kier molecular flexibility index (Phi) is 7.06. The number of para-hydroxylation sites is 1. The van der Waals surface area contributed by atoms with E-state index in [-0.39, 0.29) is 23.3 Å². The third-order valence-electron chi connectivity index (χ3n) is 7.01. The number of carbonyl (C=O) groups excluding carboxylic acids is 2. The normalized spacial score (nSPS) is 20.8. The third-order valence-corrected chi connectivity index (χ3v) is 7.01. The summed E-state index contributed by atoms with van der Waals surface area (Å²) in [4.78, 5) is 30.2. The van der Waals surface area contributed by atoms with E-state index < -0.39 is 0 Å². The molecule has 0 saturated carbocycles. The van der Waals surface area contributed by atoms with Crippen LogP contribution >= 0.6 is 0 Å². The van der Waals surface area contributed by atoms with Crippen molar-refractivity contribution in [2.45, 2.75) is 57.9 Å². The molecule has 0 radical (unpaired) electrons. The van der Waals surface area contributed by atoms with Crippen molar-refractivity contribution in [3.63, 3.8) is 0 Å². The maximum Gasteiger partial charge on any atom is 0.254 e. The van der Waals surface area contributed by atoms with Crippen LogP contribution in [-0.4, -0.2) is 53.9 Å². The molecule has 5 heteroatoms. The SMILES string of the molecule is CC(C)(C)c1ccc(C(=O)N2CCC[C@@H]3CN(C(=O)CCOc4ccccc4)CC[C@@H]32)cc1. The first-order valence-corrected chi connectivity index (χ1v) is 12.2. The number of nitrogens with zero attached hydrogens (tertiary/aromatic N) is 2. The van der Waals surface area contributed by atoms with Gasteiger partial charge >= 0.3 is 0 Å². The van der Waals surface area contributed by atoms with Gasteiger partial charge in [0.05, 0.1) is 13.0 Å². The first-order valence-electron chi connectivity index (χ1n) is 12.2. The minimum Gasteiger partial charge on any atom is -0.493 e. The Bertz CT molecular complexity index is 949. The van der Waals surface area contributed by atoms with Gasteiger partial charge in [0.2, 0.25) is 5.91 Å². The number of ether oxygens (including phenoxy) is 1. The number of fused-ring (bicyclic) bond motifs is 1. The standard InChI is InChI=1S/C28H36N2O3/c1-28(2,3)23-13-11-21(12-14-23)27(32)30-17-7-8-22-20-29(18-15-25(22)30)26(31)16-19-33-24-9-5-4-6-10-24/h4-6,9-14,22,25H,7-8,15-20H2,1-3H3/t22-,25+/m1/s1. The van der Waals surface area contributed by atoms with Crippen LogP contribution < -0.4 is 4.74 Å². The highest BCUT2D eigenvalue weighted by Gasteiger charge is 2.39. The molecule has 0 bridgehead atoms. The number of carbonyl (C=O) groups is 2. The van der Waals surface area contributed by atoms with E-state index in [2.05, 4.69) is 37.8 Å². The molecule has 2 aromatic carbocycles. The molecule has 2 aromatic rings. The van der Waals surface area contributed by atoms with Gasteiger partial charge in [-0.15, -0.1) is 0 Å². The second-order valence-electron chi connectivity index (χ2n) is 10.3. The average Bonchev–Trinajstić information content (AvgIpc) is 2.83. The zero-order valence-electron chi connectivity index (χ0n) is 20.1. The van der Waals surface area contributed by atoms with E-state index in [4.69, 9.17) is 4.74 Å². The largest absolute Gasteiger partial charge is 0.493 e. The monoisotopic (exact) mass is 448 g/mol. The van der Waals surface area contributed by atoms with Gasteiger partial charge in [0, 0.05) is 31.2 Å². The number of likely N-dealkylation sites (tertiary alicyclic amines) is 2. The van der Waals surface area contributed by atoms with Crippen LogP contribution in [0.5, 0.6) is 5.75 Å². The fourth-order valence-corrected chi connectivity index (χ4v) is 5.09. The molecular weight excluding hydrogens is 412 g/mol. The van der Waals surface area contributed by atoms with E-state index in [9.17, 15) is 9.59 Å². The molecule has 176 valence electrons. The Labute approximate surface area is 197 Å². The molecule has 2 saturated heterocycles. The Morgan fingerprint density at radius 3 is 2.39 bits per heavy atom. The quantitative estimate of drug-likeness (QED) is 0.653. The highest BCUT2D eigenvalue weighted by molar-refractivity contribution is 5.94. The maximum atomic E-state index is 13.3. The van der Waals surface area contributed by atoms with E-state index >= 15 is 0 Å². The predicted octanol–water partition coefficient (Wildman–Crippen LogP) is 4.91. The van der Waals surface area contributed by atoms with Gasteiger partial charge in [-0.2, -0.15) is 0 Å². The summed E-state index contributed by atoms with van der Waals surface area (Å²) in [6.45, 7) is 9.19. The molecule has 2 heterocycles. The van der Waals surface area contributed by atoms with Crippen LogP contribution in [0.25, 0.3) is 0 Å². The Morgan fingerprint density at radius 1 is 0.970 bits per heavy atom. The molecule has 2 aliphatic rings. The van der Waals surface area contributed by atoms with Crippen molar-refractivity contribution in [3.8, 4) is 5.75 Å². The summed E-state index contributed by atoms with van der Waals surface area (Å²) >= 11 is 0. The van der Waals surface area contributed by atoms with Crippen LogP contribution in [0.15, 0.2) is 54.6 Å². The van der Waals surface area contributed by atoms with Crippen LogP contribution in [0, 0.1) is 5.92 Å². The summed E-state index contributed by atoms with van der Waals surface area (Å²) in [6.07, 6.45) is 3.30. The van der Waals surface area contributed by atoms with Crippen molar-refractivity contribution < 1.29 is 14.3 Å². The van der Waals surface area contributed by atoms with Crippen molar-refractivity contribution in [1.29, 1.82) is 0 Å². The first kappa shape index (κ1) is 23.3. The van der Waals surface area contributed by atoms with Crippen molar-refractivity contribution in [1.82, 2.24) is 9.80 Å². The molecule has 2 amide bonds. The fraction of sp³-hybridized carbons (Fsp3) is 0.500. The van der Waals surface area contributed by atoms with E-state index in [1.807, 2.05) is 47.4 Å². The second kappa shape index (κ2) is 9.98. The summed E-state index contributed by atoms with van der Waals surface area (Å²) in [5.41, 5.74) is 2.07. The number of rotatable bonds is 5. The maximum absolute atomic E-state index is 13.3. The fourth-order valence-electron chi connectivity index (χ4n) is 5.09. The lowest BCUT2D eigenvalue weighted by Crippen LogP contribution is -2.56. The van der Waals surface area contributed by atoms with E-state index in [0.717, 1.165) is 43.7 Å². The summed E-state index contributed by atoms with van der Waals surface area (Å²) in [5, 5.41) is 0. The van der Waals surface area contributed by atoms with Crippen molar-refractivity contribution in [3.05, 3.63) is 65.7 Å². The summed E-state index contributed by atoms with van der Waals surface area (Å²) in [6, 6.07) is 17.9. The number of benzene rings is 2. The molecule has 0 spiro atoms. The van der Waals surface area contributed by atoms with E-state index in [1.165, 1.54) is 5.56 Å². The lowest BCUT2D eigenvalue weighted by molar-refractivity contribution is -0.135. The van der Waals surface area contributed by atoms with Crippen molar-refractivity contribution >= 4 is 11.8 Å². The molecule has 0 aromatic heterocycles. The minimum atomic E-state index is 0.0727. The van der Waals surface area contributed by atoms with Gasteiger partial charge in [-0.1, -0.05) is 51.1 Å². The van der Waals surface area contributed by atoms with Gasteiger partial charge < -0.3 is 14.5 Å². The summed E-state index contributed by atoms with van der Waals surface area (Å²) in [7, 11) is 0. The second-order valence-corrected chi connectivity index (χ2v) is 10.3. The first-order chi connectivity index (χ1) is 15.8. The third kappa shape index (κ3) is 5.58. The average molecular weight is 449 g/mol. The van der Waals surface area contributed by atoms with Crippen LogP contribution in [0.4, 0.5) is 0 Å². The van der Waals surface area contributed by atoms with Crippen molar-refractivity contribution in [2.24, 2.45) is 5.92 Å². The summed E-state index contributed by atoms with van der Waals surface area (Å²) < 4.78 is 5.70. The Hall–Kier alpha value is -2.82. The molecule has 5 nitrogen and oxygen atoms in total. The lowest BCUT2D eigenvalue weighted by Gasteiger charge is -2.47. The molecule has 2 atom stereocenters. The molecule has 4 rings (SSSR count). The van der Waals surface area contributed by atoms with Crippen LogP contribution in [0.2, 0.25) is 0 Å². The highest BCUT2D eigenvalue weighted by Crippen LogP contribution is 2.32. The van der Waals surface area contributed by atoms with E-state index in [0.29, 0.717) is 25.5 Å². The topological polar surface area (TPSA) is 49.9 Å². The van der Waals surface area contributed by atoms with Crippen LogP contribution in [0.1, 0.15) is 62.4 Å². The lowest BCUT2D eigenvalue weighted by atomic mass is 9.83. The molecule has 0 aliphatic carbocycles. The van der Waals surface area contributed by atoms with Gasteiger partial charge in [-0.3, -0.25) is 9.59 Å². The van der Waals surface area contributed by atoms with Gasteiger partial charge in [0.25, 0.3) is 5.91 Å². The molecule has 0 unspecified atom stereocenters. The number of piperidine rings is 2. The zero-order chi connectivity index (χ0) is 23.4. The van der Waals surface area contributed by atoms with Crippen LogP contribution in [0.3, 0.4) is 0 Å². The van der Waals surface area contributed by atoms with Gasteiger partial charge in [-0.05, 0) is 60.4 Å². The predicted molar refractivity (Wildman–Crippen MR) is 130 cm³/mol. The van der Waals surface area contributed by atoms with Crippen molar-refractivity contribution in [2.75, 3.05) is 26.2 Å². The smallest absolute Gasteiger partial charge is 0.254 e. The number of amides is 2. The zero-order valence-corrected chi connectivity index (χ0v) is 20.1. The molecule has 33 heavy (non-hydrogen) atoms.